The Kier molecular flexibility index (Phi) is 7.18. The molecule has 0 aliphatic carbocycles. The molecule has 0 unspecified atom stereocenters. The third kappa shape index (κ3) is 5.21. The second kappa shape index (κ2) is 12.5. The smallest absolute Gasteiger partial charge is 0.137 e. The van der Waals surface area contributed by atoms with Gasteiger partial charge in [-0.3, -0.25) is 0 Å². The molecule has 52 heavy (non-hydrogen) atoms. The van der Waals surface area contributed by atoms with Crippen molar-refractivity contribution in [2.75, 3.05) is 4.90 Å². The van der Waals surface area contributed by atoms with E-state index in [-0.39, 0.29) is 0 Å². The van der Waals surface area contributed by atoms with Crippen LogP contribution in [0.5, 0.6) is 0 Å². The molecule has 244 valence electrons. The normalized spacial score (nSPS) is 11.5. The Hall–Kier alpha value is -6.90. The zero-order valence-electron chi connectivity index (χ0n) is 28.4. The maximum absolute atomic E-state index is 6.34. The molecule has 0 spiro atoms. The van der Waals surface area contributed by atoms with Crippen LogP contribution in [0.2, 0.25) is 0 Å². The van der Waals surface area contributed by atoms with E-state index >= 15 is 0 Å². The van der Waals surface area contributed by atoms with Crippen molar-refractivity contribution in [3.63, 3.8) is 0 Å². The van der Waals surface area contributed by atoms with Gasteiger partial charge in [0.1, 0.15) is 11.2 Å². The third-order valence-electron chi connectivity index (χ3n) is 10.3. The fourth-order valence-electron chi connectivity index (χ4n) is 7.66. The van der Waals surface area contributed by atoms with Crippen LogP contribution in [-0.4, -0.2) is 0 Å². The van der Waals surface area contributed by atoms with Gasteiger partial charge < -0.3 is 9.32 Å². The van der Waals surface area contributed by atoms with Crippen LogP contribution in [-0.2, 0) is 0 Å². The van der Waals surface area contributed by atoms with Crippen LogP contribution in [0, 0.1) is 0 Å². The molecule has 10 aromatic rings. The van der Waals surface area contributed by atoms with E-state index in [1.165, 1.54) is 54.9 Å². The van der Waals surface area contributed by atoms with Gasteiger partial charge in [0, 0.05) is 16.8 Å². The molecule has 0 saturated heterocycles. The van der Waals surface area contributed by atoms with Crippen LogP contribution in [0.4, 0.5) is 17.1 Å². The zero-order valence-corrected chi connectivity index (χ0v) is 28.4. The average Bonchev–Trinajstić information content (AvgIpc) is 3.61. The molecule has 0 radical (unpaired) electrons. The molecule has 2 heteroatoms. The second-order valence-electron chi connectivity index (χ2n) is 13.3. The minimum Gasteiger partial charge on any atom is -0.456 e. The summed E-state index contributed by atoms with van der Waals surface area (Å²) < 4.78 is 6.34. The number of furan rings is 1. The lowest BCUT2D eigenvalue weighted by Gasteiger charge is -2.26. The van der Waals surface area contributed by atoms with E-state index in [1.807, 2.05) is 12.1 Å². The van der Waals surface area contributed by atoms with Gasteiger partial charge in [-0.1, -0.05) is 152 Å². The number of benzene rings is 9. The van der Waals surface area contributed by atoms with Crippen LogP contribution in [0.15, 0.2) is 205 Å². The van der Waals surface area contributed by atoms with Crippen LogP contribution in [0.25, 0.3) is 76.9 Å². The molecule has 0 bridgehead atoms. The van der Waals surface area contributed by atoms with E-state index in [2.05, 4.69) is 193 Å². The molecule has 0 fully saturated rings. The lowest BCUT2D eigenvalue weighted by atomic mass is 9.96. The standard InChI is InChI=1S/C50H33NO/c1-2-11-40-33-41(24-21-34(40)9-1)37-27-31-43(32-28-37)51(47-16-8-18-49-50(47)46-14-5-6-17-48(46)52-49)42-29-25-36(26-30-42)35-19-22-39(23-20-35)45-15-7-12-38-10-3-4-13-44(38)45/h1-33H. The zero-order chi connectivity index (χ0) is 34.4. The monoisotopic (exact) mass is 663 g/mol. The molecule has 0 aliphatic rings. The summed E-state index contributed by atoms with van der Waals surface area (Å²) in [6, 6.07) is 71.7. The summed E-state index contributed by atoms with van der Waals surface area (Å²) in [7, 11) is 0. The highest BCUT2D eigenvalue weighted by atomic mass is 16.3. The molecular formula is C50H33NO. The Morgan fingerprint density at radius 1 is 0.327 bits per heavy atom. The molecule has 0 N–H and O–H groups in total. The topological polar surface area (TPSA) is 16.4 Å². The lowest BCUT2D eigenvalue weighted by Crippen LogP contribution is -2.10. The van der Waals surface area contributed by atoms with Gasteiger partial charge in [-0.15, -0.1) is 0 Å². The first-order chi connectivity index (χ1) is 25.8. The van der Waals surface area contributed by atoms with Gasteiger partial charge in [-0.05, 0) is 103 Å². The predicted octanol–water partition coefficient (Wildman–Crippen LogP) is 14.4. The molecule has 10 rings (SSSR count). The minimum absolute atomic E-state index is 0.874. The highest BCUT2D eigenvalue weighted by Crippen LogP contribution is 2.43. The van der Waals surface area contributed by atoms with Crippen LogP contribution >= 0.6 is 0 Å². The van der Waals surface area contributed by atoms with E-state index in [9.17, 15) is 0 Å². The summed E-state index contributed by atoms with van der Waals surface area (Å²) in [5.41, 5.74) is 12.2. The first-order valence-electron chi connectivity index (χ1n) is 17.8. The maximum Gasteiger partial charge on any atom is 0.137 e. The molecule has 0 amide bonds. The number of hydrogen-bond acceptors (Lipinski definition) is 2. The first-order valence-corrected chi connectivity index (χ1v) is 17.8. The Morgan fingerprint density at radius 2 is 0.846 bits per heavy atom. The van der Waals surface area contributed by atoms with Crippen molar-refractivity contribution in [1.82, 2.24) is 0 Å². The quantitative estimate of drug-likeness (QED) is 0.176. The summed E-state index contributed by atoms with van der Waals surface area (Å²) in [6.45, 7) is 0. The fraction of sp³-hybridized carbons (Fsp3) is 0. The first kappa shape index (κ1) is 30.0. The minimum atomic E-state index is 0.874. The van der Waals surface area contributed by atoms with Gasteiger partial charge in [-0.25, -0.2) is 0 Å². The van der Waals surface area contributed by atoms with Crippen LogP contribution < -0.4 is 4.90 Å². The number of nitrogens with zero attached hydrogens (tertiary/aromatic N) is 1. The van der Waals surface area contributed by atoms with E-state index < -0.39 is 0 Å². The number of para-hydroxylation sites is 1. The molecule has 0 atom stereocenters. The molecule has 1 heterocycles. The molecule has 0 aliphatic heterocycles. The predicted molar refractivity (Wildman–Crippen MR) is 220 cm³/mol. The third-order valence-corrected chi connectivity index (χ3v) is 10.3. The van der Waals surface area contributed by atoms with Gasteiger partial charge in [-0.2, -0.15) is 0 Å². The highest BCUT2D eigenvalue weighted by molar-refractivity contribution is 6.13. The Bertz CT molecular complexity index is 2880. The lowest BCUT2D eigenvalue weighted by molar-refractivity contribution is 0.669. The number of anilines is 3. The summed E-state index contributed by atoms with van der Waals surface area (Å²) in [5, 5.41) is 7.23. The highest BCUT2D eigenvalue weighted by Gasteiger charge is 2.19. The maximum atomic E-state index is 6.34. The van der Waals surface area contributed by atoms with Crippen LogP contribution in [0.1, 0.15) is 0 Å². The number of hydrogen-bond donors (Lipinski definition) is 0. The second-order valence-corrected chi connectivity index (χ2v) is 13.3. The van der Waals surface area contributed by atoms with Gasteiger partial charge >= 0.3 is 0 Å². The van der Waals surface area contributed by atoms with Gasteiger partial charge in [0.2, 0.25) is 0 Å². The van der Waals surface area contributed by atoms with Gasteiger partial charge in [0.25, 0.3) is 0 Å². The number of fused-ring (bicyclic) bond motifs is 5. The van der Waals surface area contributed by atoms with E-state index in [1.54, 1.807) is 0 Å². The number of rotatable bonds is 6. The fourth-order valence-corrected chi connectivity index (χ4v) is 7.66. The Labute approximate surface area is 302 Å². The summed E-state index contributed by atoms with van der Waals surface area (Å²) >= 11 is 0. The van der Waals surface area contributed by atoms with Crippen molar-refractivity contribution < 1.29 is 4.42 Å². The van der Waals surface area contributed by atoms with Crippen molar-refractivity contribution in [3.05, 3.63) is 200 Å². The molecule has 1 aromatic heterocycles. The van der Waals surface area contributed by atoms with Crippen molar-refractivity contribution in [2.45, 2.75) is 0 Å². The average molecular weight is 664 g/mol. The molecule has 9 aromatic carbocycles. The Balaban J connectivity index is 1.04. The van der Waals surface area contributed by atoms with Crippen molar-refractivity contribution in [2.24, 2.45) is 0 Å². The largest absolute Gasteiger partial charge is 0.456 e. The van der Waals surface area contributed by atoms with E-state index in [0.717, 1.165) is 39.0 Å². The van der Waals surface area contributed by atoms with Crippen molar-refractivity contribution in [1.29, 1.82) is 0 Å². The van der Waals surface area contributed by atoms with Crippen molar-refractivity contribution >= 4 is 60.5 Å². The Morgan fingerprint density at radius 3 is 1.60 bits per heavy atom. The van der Waals surface area contributed by atoms with E-state index in [0.29, 0.717) is 0 Å². The van der Waals surface area contributed by atoms with Gasteiger partial charge in [0.05, 0.1) is 11.1 Å². The van der Waals surface area contributed by atoms with Crippen LogP contribution in [0.3, 0.4) is 0 Å². The summed E-state index contributed by atoms with van der Waals surface area (Å²) in [4.78, 5) is 2.35. The van der Waals surface area contributed by atoms with Crippen molar-refractivity contribution in [3.8, 4) is 33.4 Å². The van der Waals surface area contributed by atoms with Gasteiger partial charge in [0.15, 0.2) is 0 Å². The van der Waals surface area contributed by atoms with E-state index in [4.69, 9.17) is 4.42 Å². The molecule has 0 saturated carbocycles. The summed E-state index contributed by atoms with van der Waals surface area (Å²) in [6.07, 6.45) is 0. The SMILES string of the molecule is c1ccc2cc(-c3ccc(N(c4ccc(-c5ccc(-c6cccc7ccccc67)cc5)cc4)c4cccc5oc6ccccc6c45)cc3)ccc2c1. The molecule has 2 nitrogen and oxygen atoms in total. The molecular weight excluding hydrogens is 631 g/mol. The summed E-state index contributed by atoms with van der Waals surface area (Å²) in [5.74, 6) is 0.